The third-order valence-electron chi connectivity index (χ3n) is 6.44. The van der Waals surface area contributed by atoms with Gasteiger partial charge in [0.15, 0.2) is 11.0 Å². The summed E-state index contributed by atoms with van der Waals surface area (Å²) in [5, 5.41) is 9.86. The number of benzene rings is 1. The molecule has 1 saturated carbocycles. The fourth-order valence-corrected chi connectivity index (χ4v) is 6.02. The van der Waals surface area contributed by atoms with Crippen molar-refractivity contribution in [1.29, 1.82) is 0 Å². The Morgan fingerprint density at radius 1 is 1.20 bits per heavy atom. The quantitative estimate of drug-likeness (QED) is 0.337. The molecule has 30 heavy (non-hydrogen) atoms. The molecule has 7 heteroatoms. The summed E-state index contributed by atoms with van der Waals surface area (Å²) in [6.07, 6.45) is 6.17. The second kappa shape index (κ2) is 8.44. The van der Waals surface area contributed by atoms with Gasteiger partial charge in [-0.1, -0.05) is 39.8 Å². The van der Waals surface area contributed by atoms with Crippen molar-refractivity contribution in [1.82, 2.24) is 24.6 Å². The zero-order valence-corrected chi connectivity index (χ0v) is 19.6. The van der Waals surface area contributed by atoms with Crippen molar-refractivity contribution in [2.45, 2.75) is 36.9 Å². The molecule has 0 radical (unpaired) electrons. The minimum Gasteiger partial charge on any atom is -0.302 e. The van der Waals surface area contributed by atoms with Crippen LogP contribution in [0.1, 0.15) is 25.3 Å². The van der Waals surface area contributed by atoms with E-state index in [0.717, 1.165) is 41.3 Å². The summed E-state index contributed by atoms with van der Waals surface area (Å²) in [6, 6.07) is 13.0. The summed E-state index contributed by atoms with van der Waals surface area (Å²) >= 11 is 5.37. The molecule has 3 heterocycles. The van der Waals surface area contributed by atoms with E-state index in [9.17, 15) is 0 Å². The molecule has 3 aromatic rings. The zero-order valence-electron chi connectivity index (χ0n) is 17.2. The van der Waals surface area contributed by atoms with Crippen LogP contribution in [-0.2, 0) is 12.0 Å². The summed E-state index contributed by atoms with van der Waals surface area (Å²) in [5.74, 6) is 2.82. The van der Waals surface area contributed by atoms with Gasteiger partial charge in [0, 0.05) is 53.2 Å². The highest BCUT2D eigenvalue weighted by atomic mass is 79.9. The predicted octanol–water partition coefficient (Wildman–Crippen LogP) is 4.88. The number of halogens is 1. The van der Waals surface area contributed by atoms with E-state index in [1.165, 1.54) is 36.0 Å². The number of hydrogen-bond acceptors (Lipinski definition) is 5. The molecule has 5 nitrogen and oxygen atoms in total. The summed E-state index contributed by atoms with van der Waals surface area (Å²) in [5.41, 5.74) is 2.97. The second-order valence-electron chi connectivity index (χ2n) is 8.29. The van der Waals surface area contributed by atoms with E-state index in [2.05, 4.69) is 71.8 Å². The van der Waals surface area contributed by atoms with Crippen molar-refractivity contribution < 1.29 is 0 Å². The minimum absolute atomic E-state index is 0.425. The number of fused-ring (bicyclic) bond motifs is 1. The maximum Gasteiger partial charge on any atom is 0.191 e. The van der Waals surface area contributed by atoms with Crippen molar-refractivity contribution in [3.8, 4) is 11.4 Å². The Labute approximate surface area is 190 Å². The minimum atomic E-state index is 0.425. The Morgan fingerprint density at radius 2 is 2.07 bits per heavy atom. The average molecular weight is 484 g/mol. The van der Waals surface area contributed by atoms with Crippen LogP contribution in [0.5, 0.6) is 0 Å². The molecule has 1 unspecified atom stereocenters. The number of rotatable bonds is 8. The Bertz CT molecular complexity index is 1010. The SMILES string of the molecule is CCn1c(SCCCN2C[C@@H]3CC3(c3ccc(Br)cc3)C2)nnc1-c1cccnc1. The van der Waals surface area contributed by atoms with Crippen LogP contribution in [0.4, 0.5) is 0 Å². The number of hydrogen-bond donors (Lipinski definition) is 0. The van der Waals surface area contributed by atoms with E-state index < -0.39 is 0 Å². The van der Waals surface area contributed by atoms with E-state index in [-0.39, 0.29) is 0 Å². The van der Waals surface area contributed by atoms with E-state index in [1.54, 1.807) is 6.20 Å². The van der Waals surface area contributed by atoms with Crippen LogP contribution >= 0.6 is 27.7 Å². The van der Waals surface area contributed by atoms with Crippen LogP contribution in [0.3, 0.4) is 0 Å². The number of aromatic nitrogens is 4. The van der Waals surface area contributed by atoms with Crippen LogP contribution in [0.25, 0.3) is 11.4 Å². The highest BCUT2D eigenvalue weighted by Crippen LogP contribution is 2.59. The van der Waals surface area contributed by atoms with Crippen molar-refractivity contribution in [3.63, 3.8) is 0 Å². The molecule has 2 aliphatic rings. The van der Waals surface area contributed by atoms with Crippen molar-refractivity contribution in [3.05, 3.63) is 58.8 Å². The maximum atomic E-state index is 4.44. The normalized spacial score (nSPS) is 22.9. The molecule has 1 aliphatic heterocycles. The number of likely N-dealkylation sites (tertiary alicyclic amines) is 1. The standard InChI is InChI=1S/C23H26BrN5S/c1-2-29-21(17-5-3-10-25-14-17)26-27-22(29)30-12-4-11-28-15-19-13-23(19,16-28)18-6-8-20(24)9-7-18/h3,5-10,14,19H,2,4,11-13,15-16H2,1H3/t19-,23?/m0/s1. The lowest BCUT2D eigenvalue weighted by Crippen LogP contribution is -2.27. The topological polar surface area (TPSA) is 46.8 Å². The fourth-order valence-electron chi connectivity index (χ4n) is 4.83. The lowest BCUT2D eigenvalue weighted by Gasteiger charge is -2.21. The number of piperidine rings is 1. The highest BCUT2D eigenvalue weighted by Gasteiger charge is 2.60. The van der Waals surface area contributed by atoms with Gasteiger partial charge in [-0.25, -0.2) is 0 Å². The average Bonchev–Trinajstić information content (AvgIpc) is 3.14. The monoisotopic (exact) mass is 483 g/mol. The summed E-state index contributed by atoms with van der Waals surface area (Å²) in [6.45, 7) is 6.63. The molecule has 156 valence electrons. The van der Waals surface area contributed by atoms with Crippen molar-refractivity contribution >= 4 is 27.7 Å². The number of pyridine rings is 1. The van der Waals surface area contributed by atoms with E-state index in [0.29, 0.717) is 5.41 Å². The molecule has 0 N–H and O–H groups in total. The lowest BCUT2D eigenvalue weighted by molar-refractivity contribution is 0.299. The van der Waals surface area contributed by atoms with Crippen molar-refractivity contribution in [2.24, 2.45) is 5.92 Å². The number of thioether (sulfide) groups is 1. The van der Waals surface area contributed by atoms with Crippen LogP contribution in [0, 0.1) is 5.92 Å². The third-order valence-corrected chi connectivity index (χ3v) is 8.02. The van der Waals surface area contributed by atoms with Crippen LogP contribution in [0.2, 0.25) is 0 Å². The van der Waals surface area contributed by atoms with Crippen LogP contribution in [0.15, 0.2) is 58.4 Å². The van der Waals surface area contributed by atoms with Gasteiger partial charge in [0.1, 0.15) is 0 Å². The third kappa shape index (κ3) is 3.83. The predicted molar refractivity (Wildman–Crippen MR) is 125 cm³/mol. The number of nitrogens with zero attached hydrogens (tertiary/aromatic N) is 5. The Balaban J connectivity index is 1.14. The molecular weight excluding hydrogens is 458 g/mol. The van der Waals surface area contributed by atoms with Gasteiger partial charge >= 0.3 is 0 Å². The smallest absolute Gasteiger partial charge is 0.191 e. The largest absolute Gasteiger partial charge is 0.302 e. The second-order valence-corrected chi connectivity index (χ2v) is 10.3. The molecule has 0 amide bonds. The molecule has 0 bridgehead atoms. The molecule has 1 aromatic carbocycles. The molecule has 1 saturated heterocycles. The van der Waals surface area contributed by atoms with Gasteiger partial charge in [0.05, 0.1) is 0 Å². The molecule has 2 atom stereocenters. The zero-order chi connectivity index (χ0) is 20.6. The van der Waals surface area contributed by atoms with E-state index in [4.69, 9.17) is 0 Å². The summed E-state index contributed by atoms with van der Waals surface area (Å²) < 4.78 is 3.35. The van der Waals surface area contributed by atoms with Crippen LogP contribution < -0.4 is 0 Å². The Kier molecular flexibility index (Phi) is 5.69. The van der Waals surface area contributed by atoms with Gasteiger partial charge in [-0.3, -0.25) is 4.98 Å². The molecule has 1 aliphatic carbocycles. The van der Waals surface area contributed by atoms with Crippen LogP contribution in [-0.4, -0.2) is 50.0 Å². The van der Waals surface area contributed by atoms with Gasteiger partial charge in [-0.05, 0) is 62.1 Å². The van der Waals surface area contributed by atoms with E-state index >= 15 is 0 Å². The Hall–Kier alpha value is -1.70. The first kappa shape index (κ1) is 20.2. The lowest BCUT2D eigenvalue weighted by atomic mass is 9.95. The summed E-state index contributed by atoms with van der Waals surface area (Å²) in [7, 11) is 0. The fraction of sp³-hybridized carbons (Fsp3) is 0.435. The molecule has 0 spiro atoms. The first-order valence-electron chi connectivity index (χ1n) is 10.6. The van der Waals surface area contributed by atoms with Gasteiger partial charge in [0.2, 0.25) is 0 Å². The first-order chi connectivity index (χ1) is 14.7. The molecule has 2 fully saturated rings. The first-order valence-corrected chi connectivity index (χ1v) is 12.4. The summed E-state index contributed by atoms with van der Waals surface area (Å²) in [4.78, 5) is 6.87. The van der Waals surface area contributed by atoms with Gasteiger partial charge in [-0.15, -0.1) is 10.2 Å². The maximum absolute atomic E-state index is 4.44. The van der Waals surface area contributed by atoms with Crippen molar-refractivity contribution in [2.75, 3.05) is 25.4 Å². The van der Waals surface area contributed by atoms with E-state index in [1.807, 2.05) is 30.1 Å². The molecule has 5 rings (SSSR count). The van der Waals surface area contributed by atoms with Gasteiger partial charge in [0.25, 0.3) is 0 Å². The molecular formula is C23H26BrN5S. The Morgan fingerprint density at radius 3 is 2.83 bits per heavy atom. The van der Waals surface area contributed by atoms with Gasteiger partial charge in [-0.2, -0.15) is 0 Å². The highest BCUT2D eigenvalue weighted by molar-refractivity contribution is 9.10. The molecule has 2 aromatic heterocycles. The van der Waals surface area contributed by atoms with Gasteiger partial charge < -0.3 is 9.47 Å².